The van der Waals surface area contributed by atoms with E-state index in [4.69, 9.17) is 4.98 Å². The van der Waals surface area contributed by atoms with Crippen LogP contribution in [0.5, 0.6) is 0 Å². The molecule has 3 rings (SSSR count). The van der Waals surface area contributed by atoms with Crippen LogP contribution in [-0.2, 0) is 6.54 Å². The van der Waals surface area contributed by atoms with Crippen LogP contribution in [0.15, 0.2) is 24.4 Å². The number of aromatic amines is 1. The fourth-order valence-electron chi connectivity index (χ4n) is 3.06. The molecule has 1 fully saturated rings. The number of fused-ring (bicyclic) bond motifs is 1. The Morgan fingerprint density at radius 2 is 1.76 bits per heavy atom. The molecule has 0 atom stereocenters. The van der Waals surface area contributed by atoms with E-state index in [1.165, 1.54) is 25.0 Å². The van der Waals surface area contributed by atoms with Crippen LogP contribution in [0.3, 0.4) is 0 Å². The summed E-state index contributed by atoms with van der Waals surface area (Å²) in [5.41, 5.74) is 2.55. The smallest absolute Gasteiger partial charge is 0.137 e. The molecule has 2 aromatic heterocycles. The van der Waals surface area contributed by atoms with E-state index in [2.05, 4.69) is 53.8 Å². The molecule has 0 aromatic carbocycles. The first-order chi connectivity index (χ1) is 9.99. The predicted octanol–water partition coefficient (Wildman–Crippen LogP) is 2.73. The van der Waals surface area contributed by atoms with Crippen molar-refractivity contribution in [3.63, 3.8) is 0 Å². The van der Waals surface area contributed by atoms with Gasteiger partial charge in [0.05, 0.1) is 5.69 Å². The third-order valence-electron chi connectivity index (χ3n) is 4.02. The number of piperazine rings is 1. The third kappa shape index (κ3) is 3.83. The molecular weight excluding hydrogens is 260 g/mol. The summed E-state index contributed by atoms with van der Waals surface area (Å²) in [6, 6.07) is 6.37. The van der Waals surface area contributed by atoms with Crippen LogP contribution in [-0.4, -0.2) is 52.5 Å². The minimum Gasteiger partial charge on any atom is -0.346 e. The number of rotatable bonds is 3. The summed E-state index contributed by atoms with van der Waals surface area (Å²) in [6.07, 6.45) is 1.95. The summed E-state index contributed by atoms with van der Waals surface area (Å²) in [6.45, 7) is 13.7. The highest BCUT2D eigenvalue weighted by Gasteiger charge is 2.21. The lowest BCUT2D eigenvalue weighted by Crippen LogP contribution is -2.48. The van der Waals surface area contributed by atoms with Crippen molar-refractivity contribution >= 4 is 11.0 Å². The van der Waals surface area contributed by atoms with Crippen LogP contribution >= 0.6 is 0 Å². The second-order valence-electron chi connectivity index (χ2n) is 7.33. The minimum atomic E-state index is 0.391. The van der Waals surface area contributed by atoms with Crippen LogP contribution in [0.4, 0.5) is 0 Å². The van der Waals surface area contributed by atoms with Crippen molar-refractivity contribution < 1.29 is 0 Å². The van der Waals surface area contributed by atoms with Gasteiger partial charge in [-0.2, -0.15) is 0 Å². The molecule has 4 nitrogen and oxygen atoms in total. The molecule has 0 bridgehead atoms. The van der Waals surface area contributed by atoms with E-state index in [1.807, 2.05) is 6.20 Å². The van der Waals surface area contributed by atoms with Crippen LogP contribution in [0.1, 0.15) is 26.5 Å². The molecule has 0 amide bonds. The van der Waals surface area contributed by atoms with E-state index >= 15 is 0 Å². The van der Waals surface area contributed by atoms with Crippen molar-refractivity contribution in [2.24, 2.45) is 5.41 Å². The average Bonchev–Trinajstić information content (AvgIpc) is 2.87. The molecule has 114 valence electrons. The van der Waals surface area contributed by atoms with Crippen molar-refractivity contribution in [3.8, 4) is 0 Å². The van der Waals surface area contributed by atoms with Gasteiger partial charge in [-0.3, -0.25) is 4.90 Å². The molecule has 0 saturated carbocycles. The van der Waals surface area contributed by atoms with Crippen LogP contribution < -0.4 is 0 Å². The van der Waals surface area contributed by atoms with Crippen molar-refractivity contribution in [2.45, 2.75) is 27.3 Å². The largest absolute Gasteiger partial charge is 0.346 e. The second-order valence-corrected chi connectivity index (χ2v) is 7.33. The fraction of sp³-hybridized carbons (Fsp3) is 0.588. The number of aromatic nitrogens is 2. The van der Waals surface area contributed by atoms with Gasteiger partial charge in [0.1, 0.15) is 5.65 Å². The van der Waals surface area contributed by atoms with Crippen molar-refractivity contribution in [1.82, 2.24) is 19.8 Å². The zero-order chi connectivity index (χ0) is 14.9. The van der Waals surface area contributed by atoms with Gasteiger partial charge in [0.15, 0.2) is 0 Å². The van der Waals surface area contributed by atoms with Gasteiger partial charge in [0, 0.05) is 50.9 Å². The summed E-state index contributed by atoms with van der Waals surface area (Å²) in [7, 11) is 0. The lowest BCUT2D eigenvalue weighted by Gasteiger charge is -2.37. The summed E-state index contributed by atoms with van der Waals surface area (Å²) >= 11 is 0. The topological polar surface area (TPSA) is 35.2 Å². The highest BCUT2D eigenvalue weighted by Crippen LogP contribution is 2.17. The summed E-state index contributed by atoms with van der Waals surface area (Å²) in [5, 5.41) is 1.19. The molecule has 0 radical (unpaired) electrons. The molecule has 0 spiro atoms. The van der Waals surface area contributed by atoms with Gasteiger partial charge < -0.3 is 9.88 Å². The quantitative estimate of drug-likeness (QED) is 0.942. The van der Waals surface area contributed by atoms with Crippen LogP contribution in [0.25, 0.3) is 11.0 Å². The molecule has 1 N–H and O–H groups in total. The predicted molar refractivity (Wildman–Crippen MR) is 87.3 cm³/mol. The number of hydrogen-bond acceptors (Lipinski definition) is 3. The van der Waals surface area contributed by atoms with E-state index in [0.717, 1.165) is 31.0 Å². The summed E-state index contributed by atoms with van der Waals surface area (Å²) in [4.78, 5) is 13.0. The van der Waals surface area contributed by atoms with Crippen LogP contribution in [0.2, 0.25) is 0 Å². The van der Waals surface area contributed by atoms with E-state index in [-0.39, 0.29) is 0 Å². The van der Waals surface area contributed by atoms with Gasteiger partial charge in [-0.05, 0) is 23.6 Å². The zero-order valence-electron chi connectivity index (χ0n) is 13.4. The maximum absolute atomic E-state index is 4.70. The maximum atomic E-state index is 4.70. The lowest BCUT2D eigenvalue weighted by atomic mass is 9.96. The first-order valence-electron chi connectivity index (χ1n) is 7.87. The van der Waals surface area contributed by atoms with Crippen molar-refractivity contribution in [1.29, 1.82) is 0 Å². The second kappa shape index (κ2) is 5.78. The van der Waals surface area contributed by atoms with Crippen molar-refractivity contribution in [2.75, 3.05) is 32.7 Å². The van der Waals surface area contributed by atoms with Gasteiger partial charge in [0.2, 0.25) is 0 Å². The molecule has 1 aliphatic rings. The monoisotopic (exact) mass is 286 g/mol. The maximum Gasteiger partial charge on any atom is 0.137 e. The number of pyridine rings is 1. The molecular formula is C17H26N4. The molecule has 1 aliphatic heterocycles. The number of H-pyrrole nitrogens is 1. The number of hydrogen-bond donors (Lipinski definition) is 1. The Morgan fingerprint density at radius 1 is 1.05 bits per heavy atom. The standard InChI is InChI=1S/C17H26N4/c1-17(2,3)13-21-10-8-20(9-11-21)12-15-5-4-14-6-7-18-16(14)19-15/h4-7H,8-13H2,1-3H3,(H,18,19). The first-order valence-corrected chi connectivity index (χ1v) is 7.87. The zero-order valence-corrected chi connectivity index (χ0v) is 13.4. The molecule has 0 aliphatic carbocycles. The molecule has 1 saturated heterocycles. The Morgan fingerprint density at radius 3 is 2.48 bits per heavy atom. The molecule has 0 unspecified atom stereocenters. The Kier molecular flexibility index (Phi) is 4.00. The van der Waals surface area contributed by atoms with Gasteiger partial charge >= 0.3 is 0 Å². The average molecular weight is 286 g/mol. The molecule has 21 heavy (non-hydrogen) atoms. The van der Waals surface area contributed by atoms with Crippen molar-refractivity contribution in [3.05, 3.63) is 30.1 Å². The van der Waals surface area contributed by atoms with Crippen LogP contribution in [0, 0.1) is 5.41 Å². The Hall–Kier alpha value is -1.39. The van der Waals surface area contributed by atoms with Gasteiger partial charge in [-0.25, -0.2) is 4.98 Å². The van der Waals surface area contributed by atoms with E-state index in [9.17, 15) is 0 Å². The first kappa shape index (κ1) is 14.5. The normalized spacial score (nSPS) is 18.4. The third-order valence-corrected chi connectivity index (χ3v) is 4.02. The molecule has 4 heteroatoms. The highest BCUT2D eigenvalue weighted by atomic mass is 15.3. The Labute approximate surface area is 127 Å². The number of nitrogens with zero attached hydrogens (tertiary/aromatic N) is 3. The highest BCUT2D eigenvalue weighted by molar-refractivity contribution is 5.75. The lowest BCUT2D eigenvalue weighted by molar-refractivity contribution is 0.0976. The summed E-state index contributed by atoms with van der Waals surface area (Å²) < 4.78 is 0. The number of nitrogens with one attached hydrogen (secondary N) is 1. The fourth-order valence-corrected chi connectivity index (χ4v) is 3.06. The van der Waals surface area contributed by atoms with E-state index in [1.54, 1.807) is 0 Å². The van der Waals surface area contributed by atoms with Gasteiger partial charge in [-0.1, -0.05) is 20.8 Å². The SMILES string of the molecule is CC(C)(C)CN1CCN(Cc2ccc3cc[nH]c3n2)CC1. The Bertz CT molecular complexity index is 588. The Balaban J connectivity index is 1.55. The molecule has 2 aromatic rings. The van der Waals surface area contributed by atoms with E-state index < -0.39 is 0 Å². The molecule has 3 heterocycles. The minimum absolute atomic E-state index is 0.391. The summed E-state index contributed by atoms with van der Waals surface area (Å²) in [5.74, 6) is 0. The van der Waals surface area contributed by atoms with Gasteiger partial charge in [0.25, 0.3) is 0 Å². The van der Waals surface area contributed by atoms with E-state index in [0.29, 0.717) is 5.41 Å². The van der Waals surface area contributed by atoms with Gasteiger partial charge in [-0.15, -0.1) is 0 Å².